The normalized spacial score (nSPS) is 16.1. The third kappa shape index (κ3) is 2.98. The number of anilines is 1. The van der Waals surface area contributed by atoms with Gasteiger partial charge >= 0.3 is 11.7 Å². The summed E-state index contributed by atoms with van der Waals surface area (Å²) in [5.41, 5.74) is 2.39. The minimum atomic E-state index is -0.697. The molecule has 1 atom stereocenters. The Balaban J connectivity index is 1.75. The lowest BCUT2D eigenvalue weighted by Crippen LogP contribution is -2.42. The van der Waals surface area contributed by atoms with Crippen molar-refractivity contribution in [3.05, 3.63) is 97.2 Å². The van der Waals surface area contributed by atoms with Crippen LogP contribution in [-0.4, -0.2) is 20.9 Å². The average molecular weight is 443 g/mol. The number of esters is 1. The van der Waals surface area contributed by atoms with Gasteiger partial charge in [-0.05, 0) is 17.7 Å². The molecule has 0 unspecified atom stereocenters. The molecule has 1 aromatic heterocycles. The standard InChI is InChI=1S/C25H21N3O5/c1-4-17(29)33-14-11-9-13(10-12-14)18-19-21(15-7-5-6-8-16(15)22(19)30)26-23-20(18)24(31)28(3)25(32)27(23)2/h5-12,18,26H,4H2,1-3H3/t18-/m0/s1. The second kappa shape index (κ2) is 7.44. The molecule has 0 amide bonds. The van der Waals surface area contributed by atoms with E-state index in [0.29, 0.717) is 39.5 Å². The van der Waals surface area contributed by atoms with Gasteiger partial charge in [0.1, 0.15) is 11.6 Å². The molecule has 1 aliphatic carbocycles. The third-order valence-electron chi connectivity index (χ3n) is 6.21. The van der Waals surface area contributed by atoms with E-state index >= 15 is 0 Å². The van der Waals surface area contributed by atoms with E-state index in [-0.39, 0.29) is 18.2 Å². The summed E-state index contributed by atoms with van der Waals surface area (Å²) in [4.78, 5) is 51.1. The minimum Gasteiger partial charge on any atom is -0.427 e. The summed E-state index contributed by atoms with van der Waals surface area (Å²) >= 11 is 0. The van der Waals surface area contributed by atoms with E-state index in [4.69, 9.17) is 4.74 Å². The first-order valence-corrected chi connectivity index (χ1v) is 10.6. The molecule has 2 heterocycles. The Morgan fingerprint density at radius 2 is 1.64 bits per heavy atom. The summed E-state index contributed by atoms with van der Waals surface area (Å²) in [6.45, 7) is 1.71. The summed E-state index contributed by atoms with van der Waals surface area (Å²) < 4.78 is 7.70. The molecule has 8 nitrogen and oxygen atoms in total. The van der Waals surface area contributed by atoms with Crippen molar-refractivity contribution in [1.29, 1.82) is 0 Å². The van der Waals surface area contributed by atoms with Gasteiger partial charge < -0.3 is 10.1 Å². The van der Waals surface area contributed by atoms with Crippen LogP contribution in [0.2, 0.25) is 0 Å². The lowest BCUT2D eigenvalue weighted by molar-refractivity contribution is -0.134. The number of rotatable bonds is 3. The zero-order chi connectivity index (χ0) is 23.4. The zero-order valence-corrected chi connectivity index (χ0v) is 18.3. The highest BCUT2D eigenvalue weighted by Gasteiger charge is 2.42. The van der Waals surface area contributed by atoms with Crippen LogP contribution in [0.25, 0.3) is 5.70 Å². The number of nitrogens with one attached hydrogen (secondary N) is 1. The Kier molecular flexibility index (Phi) is 4.67. The average Bonchev–Trinajstić information content (AvgIpc) is 3.12. The van der Waals surface area contributed by atoms with Crippen LogP contribution in [-0.2, 0) is 18.9 Å². The molecule has 3 aromatic rings. The Morgan fingerprint density at radius 3 is 2.30 bits per heavy atom. The van der Waals surface area contributed by atoms with Crippen LogP contribution in [0.5, 0.6) is 5.75 Å². The number of nitrogens with zero attached hydrogens (tertiary/aromatic N) is 2. The molecule has 0 bridgehead atoms. The molecule has 33 heavy (non-hydrogen) atoms. The second-order valence-corrected chi connectivity index (χ2v) is 8.09. The van der Waals surface area contributed by atoms with Crippen LogP contribution in [0.4, 0.5) is 5.82 Å². The monoisotopic (exact) mass is 443 g/mol. The smallest absolute Gasteiger partial charge is 0.332 e. The van der Waals surface area contributed by atoms with Crippen LogP contribution < -0.4 is 21.3 Å². The summed E-state index contributed by atoms with van der Waals surface area (Å²) in [5.74, 6) is -0.481. The highest BCUT2D eigenvalue weighted by Crippen LogP contribution is 2.47. The molecule has 1 aliphatic heterocycles. The van der Waals surface area contributed by atoms with Gasteiger partial charge in [0, 0.05) is 43.1 Å². The molecule has 0 saturated heterocycles. The van der Waals surface area contributed by atoms with Gasteiger partial charge in [-0.2, -0.15) is 0 Å². The number of benzene rings is 2. The first kappa shape index (κ1) is 20.7. The maximum absolute atomic E-state index is 13.5. The number of ether oxygens (including phenoxy) is 1. The SMILES string of the molecule is CCC(=O)Oc1ccc([C@H]2C3=C(Nc4c2c(=O)n(C)c(=O)n4C)c2ccccc2C3=O)cc1. The summed E-state index contributed by atoms with van der Waals surface area (Å²) in [6, 6.07) is 14.0. The van der Waals surface area contributed by atoms with Crippen molar-refractivity contribution in [2.75, 3.05) is 5.32 Å². The summed E-state index contributed by atoms with van der Waals surface area (Å²) in [5, 5.41) is 3.21. The molecule has 166 valence electrons. The molecular formula is C25H21N3O5. The van der Waals surface area contributed by atoms with Crippen LogP contribution in [0, 0.1) is 0 Å². The molecule has 0 fully saturated rings. The quantitative estimate of drug-likeness (QED) is 0.493. The number of allylic oxidation sites excluding steroid dienone is 1. The predicted octanol–water partition coefficient (Wildman–Crippen LogP) is 2.56. The van der Waals surface area contributed by atoms with E-state index in [1.165, 1.54) is 11.6 Å². The van der Waals surface area contributed by atoms with E-state index < -0.39 is 17.2 Å². The van der Waals surface area contributed by atoms with Crippen molar-refractivity contribution < 1.29 is 14.3 Å². The molecule has 5 rings (SSSR count). The highest BCUT2D eigenvalue weighted by molar-refractivity contribution is 6.23. The summed E-state index contributed by atoms with van der Waals surface area (Å²) in [7, 11) is 3.01. The molecular weight excluding hydrogens is 422 g/mol. The Labute approximate surface area is 188 Å². The van der Waals surface area contributed by atoms with Crippen molar-refractivity contribution in [2.45, 2.75) is 19.3 Å². The fourth-order valence-electron chi connectivity index (χ4n) is 4.52. The number of fused-ring (bicyclic) bond motifs is 3. The molecule has 1 N–H and O–H groups in total. The van der Waals surface area contributed by atoms with E-state index in [9.17, 15) is 19.2 Å². The number of ketones is 1. The van der Waals surface area contributed by atoms with E-state index in [1.807, 2.05) is 12.1 Å². The Bertz CT molecular complexity index is 1490. The first-order chi connectivity index (χ1) is 15.8. The van der Waals surface area contributed by atoms with Gasteiger partial charge in [0.2, 0.25) is 0 Å². The lowest BCUT2D eigenvalue weighted by Gasteiger charge is -2.29. The number of carbonyl (C=O) groups excluding carboxylic acids is 2. The van der Waals surface area contributed by atoms with Crippen molar-refractivity contribution in [3.63, 3.8) is 0 Å². The van der Waals surface area contributed by atoms with E-state index in [0.717, 1.165) is 10.1 Å². The maximum atomic E-state index is 13.5. The van der Waals surface area contributed by atoms with Gasteiger partial charge in [0.25, 0.3) is 5.56 Å². The lowest BCUT2D eigenvalue weighted by atomic mass is 9.81. The predicted molar refractivity (Wildman–Crippen MR) is 122 cm³/mol. The van der Waals surface area contributed by atoms with Crippen molar-refractivity contribution in [3.8, 4) is 5.75 Å². The summed E-state index contributed by atoms with van der Waals surface area (Å²) in [6.07, 6.45) is 0.247. The number of hydrogen-bond acceptors (Lipinski definition) is 6. The second-order valence-electron chi connectivity index (χ2n) is 8.09. The Hall–Kier alpha value is -4.20. The fraction of sp³-hybridized carbons (Fsp3) is 0.200. The van der Waals surface area contributed by atoms with Gasteiger partial charge in [-0.25, -0.2) is 4.79 Å². The van der Waals surface area contributed by atoms with Gasteiger partial charge in [-0.15, -0.1) is 0 Å². The number of carbonyl (C=O) groups is 2. The highest BCUT2D eigenvalue weighted by atomic mass is 16.5. The van der Waals surface area contributed by atoms with Crippen LogP contribution in [0.15, 0.2) is 63.7 Å². The molecule has 2 aliphatic rings. The van der Waals surface area contributed by atoms with Crippen molar-refractivity contribution in [2.24, 2.45) is 14.1 Å². The maximum Gasteiger partial charge on any atom is 0.332 e. The topological polar surface area (TPSA) is 99.4 Å². The fourth-order valence-corrected chi connectivity index (χ4v) is 4.52. The van der Waals surface area contributed by atoms with Gasteiger partial charge in [0.15, 0.2) is 5.78 Å². The first-order valence-electron chi connectivity index (χ1n) is 10.6. The number of hydrogen-bond donors (Lipinski definition) is 1. The molecule has 8 heteroatoms. The third-order valence-corrected chi connectivity index (χ3v) is 6.21. The van der Waals surface area contributed by atoms with Gasteiger partial charge in [-0.3, -0.25) is 23.5 Å². The van der Waals surface area contributed by atoms with E-state index in [1.54, 1.807) is 50.4 Å². The van der Waals surface area contributed by atoms with Gasteiger partial charge in [-0.1, -0.05) is 43.3 Å². The van der Waals surface area contributed by atoms with Gasteiger partial charge in [0.05, 0.1) is 11.3 Å². The molecule has 0 radical (unpaired) electrons. The van der Waals surface area contributed by atoms with Crippen LogP contribution in [0.1, 0.15) is 46.3 Å². The molecule has 2 aromatic carbocycles. The number of Topliss-reactive ketones (excluding diaryl/α,β-unsaturated/α-hetero) is 1. The van der Waals surface area contributed by atoms with Crippen molar-refractivity contribution >= 4 is 23.3 Å². The largest absolute Gasteiger partial charge is 0.427 e. The molecule has 0 saturated carbocycles. The van der Waals surface area contributed by atoms with Crippen molar-refractivity contribution in [1.82, 2.24) is 9.13 Å². The Morgan fingerprint density at radius 1 is 0.970 bits per heavy atom. The van der Waals surface area contributed by atoms with E-state index in [2.05, 4.69) is 5.32 Å². The zero-order valence-electron chi connectivity index (χ0n) is 18.3. The van der Waals surface area contributed by atoms with Crippen LogP contribution >= 0.6 is 0 Å². The minimum absolute atomic E-state index is 0.166. The number of aromatic nitrogens is 2. The van der Waals surface area contributed by atoms with Crippen LogP contribution in [0.3, 0.4) is 0 Å². The molecule has 0 spiro atoms.